The van der Waals surface area contributed by atoms with Gasteiger partial charge in [0.25, 0.3) is 5.56 Å². The highest BCUT2D eigenvalue weighted by molar-refractivity contribution is 7.98. The van der Waals surface area contributed by atoms with Gasteiger partial charge in [-0.05, 0) is 42.8 Å². The summed E-state index contributed by atoms with van der Waals surface area (Å²) in [6.45, 7) is 1.89. The van der Waals surface area contributed by atoms with E-state index >= 15 is 0 Å². The molecule has 0 atom stereocenters. The Labute approximate surface area is 196 Å². The first-order valence-electron chi connectivity index (χ1n) is 10.2. The number of fused-ring (bicyclic) bond motifs is 1. The van der Waals surface area contributed by atoms with Crippen molar-refractivity contribution in [3.63, 3.8) is 0 Å². The highest BCUT2D eigenvalue weighted by Gasteiger charge is 2.33. The number of benzene rings is 2. The molecule has 6 nitrogen and oxygen atoms in total. The number of alkyl halides is 3. The summed E-state index contributed by atoms with van der Waals surface area (Å²) >= 11 is 1.34. The van der Waals surface area contributed by atoms with Gasteiger partial charge in [-0.15, -0.1) is 11.8 Å². The number of amides is 2. The number of rotatable bonds is 5. The molecule has 0 bridgehead atoms. The number of aryl methyl sites for hydroxylation is 1. The van der Waals surface area contributed by atoms with E-state index in [0.717, 1.165) is 11.6 Å². The Morgan fingerprint density at radius 1 is 1.00 bits per heavy atom. The van der Waals surface area contributed by atoms with Crippen LogP contribution in [0, 0.1) is 6.92 Å². The van der Waals surface area contributed by atoms with Crippen LogP contribution < -0.4 is 16.2 Å². The molecule has 0 unspecified atom stereocenters. The number of hydrogen-bond donors (Lipinski definition) is 2. The quantitative estimate of drug-likeness (QED) is 0.343. The van der Waals surface area contributed by atoms with E-state index in [1.807, 2.05) is 13.0 Å². The molecule has 34 heavy (non-hydrogen) atoms. The van der Waals surface area contributed by atoms with Crippen LogP contribution in [0.5, 0.6) is 0 Å². The molecule has 2 aromatic heterocycles. The van der Waals surface area contributed by atoms with E-state index in [-0.39, 0.29) is 11.2 Å². The van der Waals surface area contributed by atoms with Crippen molar-refractivity contribution in [2.75, 3.05) is 10.6 Å². The third-order valence-corrected chi connectivity index (χ3v) is 5.96. The van der Waals surface area contributed by atoms with Crippen LogP contribution >= 0.6 is 11.8 Å². The van der Waals surface area contributed by atoms with Crippen LogP contribution in [0.25, 0.3) is 5.65 Å². The van der Waals surface area contributed by atoms with E-state index in [9.17, 15) is 22.8 Å². The van der Waals surface area contributed by atoms with Crippen molar-refractivity contribution in [2.45, 2.75) is 23.7 Å². The molecule has 0 saturated carbocycles. The number of pyridine rings is 1. The minimum Gasteiger partial charge on any atom is -0.307 e. The molecule has 0 fully saturated rings. The van der Waals surface area contributed by atoms with Crippen LogP contribution in [0.4, 0.5) is 29.3 Å². The van der Waals surface area contributed by atoms with Crippen LogP contribution in [0.3, 0.4) is 0 Å². The normalized spacial score (nSPS) is 11.4. The summed E-state index contributed by atoms with van der Waals surface area (Å²) in [5, 5.41) is 4.86. The number of aromatic nitrogens is 2. The Morgan fingerprint density at radius 2 is 1.68 bits per heavy atom. The molecule has 2 amide bonds. The first-order chi connectivity index (χ1) is 16.2. The Hall–Kier alpha value is -3.79. The predicted octanol–water partition coefficient (Wildman–Crippen LogP) is 5.96. The van der Waals surface area contributed by atoms with Crippen molar-refractivity contribution < 1.29 is 18.0 Å². The molecule has 2 aromatic carbocycles. The largest absolute Gasteiger partial charge is 0.418 e. The van der Waals surface area contributed by atoms with Gasteiger partial charge in [0.05, 0.1) is 22.6 Å². The number of carbonyl (C=O) groups is 1. The predicted molar refractivity (Wildman–Crippen MR) is 126 cm³/mol. The summed E-state index contributed by atoms with van der Waals surface area (Å²) in [5.41, 5.74) is 0.987. The molecule has 4 aromatic rings. The molecule has 2 heterocycles. The molecule has 0 aliphatic carbocycles. The minimum atomic E-state index is -4.60. The van der Waals surface area contributed by atoms with Gasteiger partial charge in [0.1, 0.15) is 5.65 Å². The maximum Gasteiger partial charge on any atom is 0.418 e. The highest BCUT2D eigenvalue weighted by Crippen LogP contribution is 2.35. The second-order valence-corrected chi connectivity index (χ2v) is 8.44. The number of nitrogens with zero attached hydrogens (tertiary/aromatic N) is 2. The number of nitrogens with one attached hydrogen (secondary N) is 2. The van der Waals surface area contributed by atoms with Crippen LogP contribution in [0.15, 0.2) is 82.6 Å². The number of urea groups is 1. The van der Waals surface area contributed by atoms with Gasteiger partial charge in [0, 0.05) is 22.9 Å². The second kappa shape index (κ2) is 9.60. The van der Waals surface area contributed by atoms with Gasteiger partial charge in [-0.25, -0.2) is 9.78 Å². The molecular weight excluding hydrogens is 465 g/mol. The summed E-state index contributed by atoms with van der Waals surface area (Å²) in [6.07, 6.45) is -2.88. The van der Waals surface area contributed by atoms with Gasteiger partial charge >= 0.3 is 12.2 Å². The monoisotopic (exact) mass is 484 g/mol. The summed E-state index contributed by atoms with van der Waals surface area (Å²) in [7, 11) is 0. The summed E-state index contributed by atoms with van der Waals surface area (Å²) < 4.78 is 41.1. The molecule has 0 aliphatic heterocycles. The summed E-state index contributed by atoms with van der Waals surface area (Å²) in [5.74, 6) is 0.358. The van der Waals surface area contributed by atoms with Crippen molar-refractivity contribution in [3.05, 3.63) is 100 Å². The van der Waals surface area contributed by atoms with Crippen molar-refractivity contribution in [3.8, 4) is 0 Å². The second-order valence-electron chi connectivity index (χ2n) is 7.43. The lowest BCUT2D eigenvalue weighted by Gasteiger charge is -2.15. The first kappa shape index (κ1) is 23.4. The van der Waals surface area contributed by atoms with Crippen LogP contribution in [0.2, 0.25) is 0 Å². The van der Waals surface area contributed by atoms with Crippen molar-refractivity contribution in [2.24, 2.45) is 0 Å². The molecule has 0 radical (unpaired) electrons. The van der Waals surface area contributed by atoms with E-state index in [1.54, 1.807) is 36.5 Å². The number of thioether (sulfide) groups is 1. The SMILES string of the molecule is Cc1ccc2nc(CSc3ccccc3NC(=O)Nc3ccccc3C(F)(F)F)cc(=O)n2c1. The smallest absolute Gasteiger partial charge is 0.307 e. The van der Waals surface area contributed by atoms with Crippen molar-refractivity contribution in [1.82, 2.24) is 9.38 Å². The van der Waals surface area contributed by atoms with Gasteiger partial charge in [0.2, 0.25) is 0 Å². The number of anilines is 2. The van der Waals surface area contributed by atoms with Gasteiger partial charge in [-0.3, -0.25) is 9.20 Å². The van der Waals surface area contributed by atoms with Gasteiger partial charge in [0.15, 0.2) is 0 Å². The third kappa shape index (κ3) is 5.40. The first-order valence-corrected chi connectivity index (χ1v) is 11.1. The molecule has 10 heteroatoms. The zero-order valence-corrected chi connectivity index (χ0v) is 18.7. The number of carbonyl (C=O) groups excluding carboxylic acids is 1. The lowest BCUT2D eigenvalue weighted by molar-refractivity contribution is -0.136. The van der Waals surface area contributed by atoms with E-state index in [4.69, 9.17) is 0 Å². The standard InChI is InChI=1S/C24H19F3N4O2S/c1-15-10-11-21-28-16(12-22(32)31(21)13-15)14-34-20-9-5-4-8-19(20)30-23(33)29-18-7-3-2-6-17(18)24(25,26)27/h2-13H,14H2,1H3,(H2,29,30,33). The Balaban J connectivity index is 1.49. The molecule has 0 aliphatic rings. The Kier molecular flexibility index (Phi) is 6.60. The van der Waals surface area contributed by atoms with Crippen LogP contribution in [-0.4, -0.2) is 15.4 Å². The Morgan fingerprint density at radius 3 is 2.44 bits per heavy atom. The topological polar surface area (TPSA) is 75.5 Å². The fourth-order valence-corrected chi connectivity index (χ4v) is 4.20. The maximum absolute atomic E-state index is 13.2. The van der Waals surface area contributed by atoms with Gasteiger partial charge in [-0.2, -0.15) is 13.2 Å². The fraction of sp³-hybridized carbons (Fsp3) is 0.125. The van der Waals surface area contributed by atoms with Crippen LogP contribution in [0.1, 0.15) is 16.8 Å². The molecule has 0 saturated heterocycles. The third-order valence-electron chi connectivity index (χ3n) is 4.85. The summed E-state index contributed by atoms with van der Waals surface area (Å²) in [4.78, 5) is 30.0. The van der Waals surface area contributed by atoms with Crippen molar-refractivity contribution in [1.29, 1.82) is 0 Å². The maximum atomic E-state index is 13.2. The fourth-order valence-electron chi connectivity index (χ4n) is 3.29. The minimum absolute atomic E-state index is 0.196. The zero-order chi connectivity index (χ0) is 24.3. The average Bonchev–Trinajstić information content (AvgIpc) is 2.78. The number of hydrogen-bond acceptors (Lipinski definition) is 4. The van der Waals surface area contributed by atoms with E-state index in [2.05, 4.69) is 15.6 Å². The van der Waals surface area contributed by atoms with Crippen molar-refractivity contribution >= 4 is 34.8 Å². The van der Waals surface area contributed by atoms with E-state index in [1.165, 1.54) is 40.4 Å². The van der Waals surface area contributed by atoms with E-state index < -0.39 is 17.8 Å². The Bertz CT molecular complexity index is 1420. The highest BCUT2D eigenvalue weighted by atomic mass is 32.2. The molecular formula is C24H19F3N4O2S. The molecule has 0 spiro atoms. The zero-order valence-electron chi connectivity index (χ0n) is 17.9. The van der Waals surface area contributed by atoms with Gasteiger partial charge in [-0.1, -0.05) is 30.3 Å². The molecule has 174 valence electrons. The lowest BCUT2D eigenvalue weighted by Crippen LogP contribution is -2.22. The van der Waals surface area contributed by atoms with Crippen LogP contribution in [-0.2, 0) is 11.9 Å². The van der Waals surface area contributed by atoms with E-state index in [0.29, 0.717) is 27.7 Å². The number of halogens is 3. The lowest BCUT2D eigenvalue weighted by atomic mass is 10.1. The van der Waals surface area contributed by atoms with Gasteiger partial charge < -0.3 is 10.6 Å². The molecule has 2 N–H and O–H groups in total. The average molecular weight is 485 g/mol. The number of para-hydroxylation sites is 2. The summed E-state index contributed by atoms with van der Waals surface area (Å²) in [6, 6.07) is 15.9. The molecule has 4 rings (SSSR count).